The maximum Gasteiger partial charge on any atom is 0.0575 e. The van der Waals surface area contributed by atoms with E-state index in [-0.39, 0.29) is 0 Å². The average molecular weight is 654 g/mol. The van der Waals surface area contributed by atoms with Crippen LogP contribution in [0.2, 0.25) is 0 Å². The van der Waals surface area contributed by atoms with Crippen molar-refractivity contribution in [3.8, 4) is 0 Å². The quantitative estimate of drug-likeness (QED) is 0.0498. The lowest BCUT2D eigenvalue weighted by Crippen LogP contribution is -2.16. The fraction of sp³-hybridized carbons (Fsp3) is 0.778. The molecule has 0 saturated heterocycles. The van der Waals surface area contributed by atoms with Crippen molar-refractivity contribution in [2.45, 2.75) is 188 Å². The molecule has 274 valence electrons. The number of nitrogens with zero attached hydrogens (tertiary/aromatic N) is 1. The standard InChI is InChI=1S/C45H83NO/c1-7-8-9-10-11-12-13-14-15-16-17-18-19-23-26-32-39-45(47-42-35-34-41-46(5)6)40-33-27-24-21-20-22-25-30-37-44(4)38-31-28-29-36-43(2)3/h8-9,11-12,14-15,29-30,36-37,43-45H,7,10,13,16-28,31-35,38-42H2,1-6H3/b9-8-,12-11-,15-14-,36-29-,37-30-. The highest BCUT2D eigenvalue weighted by molar-refractivity contribution is 4.97. The molecule has 0 saturated carbocycles. The van der Waals surface area contributed by atoms with E-state index in [0.717, 1.165) is 31.8 Å². The Morgan fingerprint density at radius 2 is 1.00 bits per heavy atom. The number of allylic oxidation sites excluding steroid dienone is 10. The second kappa shape index (κ2) is 37.4. The maximum absolute atomic E-state index is 6.44. The van der Waals surface area contributed by atoms with Gasteiger partial charge in [0.25, 0.3) is 0 Å². The number of hydrogen-bond donors (Lipinski definition) is 0. The van der Waals surface area contributed by atoms with Gasteiger partial charge in [-0.05, 0) is 122 Å². The summed E-state index contributed by atoms with van der Waals surface area (Å²) in [6.45, 7) is 11.2. The first-order chi connectivity index (χ1) is 23.0. The Kier molecular flexibility index (Phi) is 36.3. The third kappa shape index (κ3) is 38.9. The molecule has 0 radical (unpaired) electrons. The zero-order valence-corrected chi connectivity index (χ0v) is 32.7. The van der Waals surface area contributed by atoms with Gasteiger partial charge < -0.3 is 9.64 Å². The number of unbranched alkanes of at least 4 members (excludes halogenated alkanes) is 14. The van der Waals surface area contributed by atoms with E-state index in [9.17, 15) is 0 Å². The van der Waals surface area contributed by atoms with Crippen LogP contribution in [-0.2, 0) is 4.74 Å². The number of rotatable bonds is 35. The van der Waals surface area contributed by atoms with E-state index >= 15 is 0 Å². The normalized spacial score (nSPS) is 14.1. The first kappa shape index (κ1) is 45.6. The molecule has 2 unspecified atom stereocenters. The summed E-state index contributed by atoms with van der Waals surface area (Å²) in [6.07, 6.45) is 54.9. The van der Waals surface area contributed by atoms with Crippen LogP contribution >= 0.6 is 0 Å². The largest absolute Gasteiger partial charge is 0.378 e. The maximum atomic E-state index is 6.44. The summed E-state index contributed by atoms with van der Waals surface area (Å²) >= 11 is 0. The van der Waals surface area contributed by atoms with Crippen molar-refractivity contribution in [1.82, 2.24) is 4.90 Å². The summed E-state index contributed by atoms with van der Waals surface area (Å²) in [5, 5.41) is 0. The molecule has 2 atom stereocenters. The van der Waals surface area contributed by atoms with Crippen molar-refractivity contribution in [2.24, 2.45) is 11.8 Å². The van der Waals surface area contributed by atoms with Crippen LogP contribution in [0, 0.1) is 11.8 Å². The molecule has 0 rings (SSSR count). The average Bonchev–Trinajstić information content (AvgIpc) is 3.04. The Balaban J connectivity index is 3.96. The van der Waals surface area contributed by atoms with Crippen molar-refractivity contribution in [1.29, 1.82) is 0 Å². The van der Waals surface area contributed by atoms with Gasteiger partial charge in [0, 0.05) is 6.61 Å². The van der Waals surface area contributed by atoms with Crippen molar-refractivity contribution in [3.63, 3.8) is 0 Å². The summed E-state index contributed by atoms with van der Waals surface area (Å²) < 4.78 is 6.44. The Morgan fingerprint density at radius 3 is 1.60 bits per heavy atom. The van der Waals surface area contributed by atoms with Gasteiger partial charge in [-0.15, -0.1) is 0 Å². The molecule has 0 aromatic carbocycles. The molecule has 0 aromatic rings. The van der Waals surface area contributed by atoms with Gasteiger partial charge in [0.15, 0.2) is 0 Å². The third-order valence-electron chi connectivity index (χ3n) is 8.94. The molecular formula is C45H83NO. The Labute approximate surface area is 296 Å². The van der Waals surface area contributed by atoms with Gasteiger partial charge in [0.2, 0.25) is 0 Å². The molecule has 0 spiro atoms. The second-order valence-corrected chi connectivity index (χ2v) is 14.7. The molecule has 0 aliphatic rings. The molecule has 0 heterocycles. The van der Waals surface area contributed by atoms with Gasteiger partial charge in [0.1, 0.15) is 0 Å². The molecule has 0 aliphatic heterocycles. The van der Waals surface area contributed by atoms with Gasteiger partial charge >= 0.3 is 0 Å². The third-order valence-corrected chi connectivity index (χ3v) is 8.94. The molecule has 0 fully saturated rings. The number of hydrogen-bond acceptors (Lipinski definition) is 2. The van der Waals surface area contributed by atoms with Crippen molar-refractivity contribution >= 4 is 0 Å². The van der Waals surface area contributed by atoms with E-state index in [1.807, 2.05) is 0 Å². The van der Waals surface area contributed by atoms with Gasteiger partial charge in [-0.3, -0.25) is 0 Å². The molecule has 0 amide bonds. The molecule has 2 heteroatoms. The minimum Gasteiger partial charge on any atom is -0.378 e. The zero-order valence-electron chi connectivity index (χ0n) is 32.7. The zero-order chi connectivity index (χ0) is 34.5. The fourth-order valence-electron chi connectivity index (χ4n) is 5.95. The van der Waals surface area contributed by atoms with E-state index in [1.165, 1.54) is 141 Å². The Bertz CT molecular complexity index is 758. The predicted octanol–water partition coefficient (Wildman–Crippen LogP) is 14.4. The molecule has 47 heavy (non-hydrogen) atoms. The molecular weight excluding hydrogens is 571 g/mol. The van der Waals surface area contributed by atoms with Crippen LogP contribution in [0.4, 0.5) is 0 Å². The molecule has 0 N–H and O–H groups in total. The van der Waals surface area contributed by atoms with Crippen molar-refractivity contribution in [3.05, 3.63) is 60.8 Å². The van der Waals surface area contributed by atoms with Crippen molar-refractivity contribution < 1.29 is 4.74 Å². The first-order valence-corrected chi connectivity index (χ1v) is 20.5. The van der Waals surface area contributed by atoms with Gasteiger partial charge in [-0.1, -0.05) is 153 Å². The topological polar surface area (TPSA) is 12.5 Å². The highest BCUT2D eigenvalue weighted by Crippen LogP contribution is 2.18. The Hall–Kier alpha value is -1.38. The van der Waals surface area contributed by atoms with E-state index in [2.05, 4.69) is 107 Å². The minimum atomic E-state index is 0.481. The van der Waals surface area contributed by atoms with Crippen LogP contribution in [0.5, 0.6) is 0 Å². The molecule has 0 aromatic heterocycles. The second-order valence-electron chi connectivity index (χ2n) is 14.7. The summed E-state index contributed by atoms with van der Waals surface area (Å²) in [5.41, 5.74) is 0. The fourth-order valence-corrected chi connectivity index (χ4v) is 5.95. The lowest BCUT2D eigenvalue weighted by molar-refractivity contribution is 0.0353. The monoisotopic (exact) mass is 654 g/mol. The predicted molar refractivity (Wildman–Crippen MR) is 214 cm³/mol. The van der Waals surface area contributed by atoms with Gasteiger partial charge in [-0.2, -0.15) is 0 Å². The summed E-state index contributed by atoms with van der Waals surface area (Å²) in [6, 6.07) is 0. The first-order valence-electron chi connectivity index (χ1n) is 20.5. The van der Waals surface area contributed by atoms with Crippen LogP contribution in [-0.4, -0.2) is 38.3 Å². The van der Waals surface area contributed by atoms with Crippen molar-refractivity contribution in [2.75, 3.05) is 27.2 Å². The lowest BCUT2D eigenvalue weighted by Gasteiger charge is -2.18. The highest BCUT2D eigenvalue weighted by atomic mass is 16.5. The molecule has 2 nitrogen and oxygen atoms in total. The van der Waals surface area contributed by atoms with E-state index < -0.39 is 0 Å². The van der Waals surface area contributed by atoms with Crippen LogP contribution in [0.1, 0.15) is 182 Å². The highest BCUT2D eigenvalue weighted by Gasteiger charge is 2.09. The molecule has 0 aliphatic carbocycles. The SMILES string of the molecule is CC/C=C\C/C=C\C/C=C\CCCCCCCCC(CCCCCCCC/C=C\C(C)CCC/C=C\C(C)C)OCCCCN(C)C. The van der Waals surface area contributed by atoms with E-state index in [1.54, 1.807) is 0 Å². The van der Waals surface area contributed by atoms with Crippen LogP contribution < -0.4 is 0 Å². The van der Waals surface area contributed by atoms with Crippen LogP contribution in [0.15, 0.2) is 60.8 Å². The van der Waals surface area contributed by atoms with Gasteiger partial charge in [-0.25, -0.2) is 0 Å². The lowest BCUT2D eigenvalue weighted by atomic mass is 10.0. The van der Waals surface area contributed by atoms with E-state index in [4.69, 9.17) is 4.74 Å². The van der Waals surface area contributed by atoms with Crippen LogP contribution in [0.3, 0.4) is 0 Å². The van der Waals surface area contributed by atoms with Gasteiger partial charge in [0.05, 0.1) is 6.10 Å². The minimum absolute atomic E-state index is 0.481. The van der Waals surface area contributed by atoms with E-state index in [0.29, 0.717) is 12.0 Å². The van der Waals surface area contributed by atoms with Crippen LogP contribution in [0.25, 0.3) is 0 Å². The summed E-state index contributed by atoms with van der Waals surface area (Å²) in [4.78, 5) is 2.28. The number of ether oxygens (including phenoxy) is 1. The summed E-state index contributed by atoms with van der Waals surface area (Å²) in [5.74, 6) is 1.40. The smallest absolute Gasteiger partial charge is 0.0575 e. The molecule has 0 bridgehead atoms. The summed E-state index contributed by atoms with van der Waals surface area (Å²) in [7, 11) is 4.33. The Morgan fingerprint density at radius 1 is 0.489 bits per heavy atom.